The third kappa shape index (κ3) is 3.99. The quantitative estimate of drug-likeness (QED) is 0.335. The number of fused-ring (bicyclic) bond motifs is 1. The maximum atomic E-state index is 14.8. The molecule has 0 unspecified atom stereocenters. The predicted molar refractivity (Wildman–Crippen MR) is 118 cm³/mol. The first-order chi connectivity index (χ1) is 14.6. The maximum absolute atomic E-state index is 14.8. The van der Waals surface area contributed by atoms with E-state index in [4.69, 9.17) is 9.15 Å². The van der Waals surface area contributed by atoms with E-state index in [9.17, 15) is 9.18 Å². The topological polar surface area (TPSA) is 39.4 Å². The Morgan fingerprint density at radius 2 is 1.53 bits per heavy atom. The third-order valence-corrected chi connectivity index (χ3v) is 5.14. The number of hydrogen-bond acceptors (Lipinski definition) is 3. The van der Waals surface area contributed by atoms with Crippen molar-refractivity contribution < 1.29 is 13.5 Å². The normalized spacial score (nSPS) is 11.0. The number of halogens is 1. The number of benzene rings is 3. The van der Waals surface area contributed by atoms with Crippen LogP contribution in [0.2, 0.25) is 0 Å². The lowest BCUT2D eigenvalue weighted by Gasteiger charge is -2.09. The summed E-state index contributed by atoms with van der Waals surface area (Å²) >= 11 is 0. The summed E-state index contributed by atoms with van der Waals surface area (Å²) in [6.07, 6.45) is 1.77. The number of ether oxygens (including phenoxy) is 1. The standard InChI is InChI=1S/C26H23FO3/c1-3-4-15-29-22-14-13-21-16-23(30-26(28)24(21)25(22)27)20-11-9-19(10-12-20)18-7-5-17(2)6-8-18/h5-14,16H,3-4,15H2,1-2H3. The van der Waals surface area contributed by atoms with E-state index >= 15 is 0 Å². The highest BCUT2D eigenvalue weighted by Gasteiger charge is 2.15. The Labute approximate surface area is 174 Å². The van der Waals surface area contributed by atoms with Crippen LogP contribution in [-0.2, 0) is 0 Å². The van der Waals surface area contributed by atoms with Crippen molar-refractivity contribution in [1.82, 2.24) is 0 Å². The van der Waals surface area contributed by atoms with Crippen molar-refractivity contribution in [1.29, 1.82) is 0 Å². The van der Waals surface area contributed by atoms with Crippen LogP contribution in [0.5, 0.6) is 5.75 Å². The average Bonchev–Trinajstić information content (AvgIpc) is 2.76. The van der Waals surface area contributed by atoms with Gasteiger partial charge in [-0.05, 0) is 42.0 Å². The van der Waals surface area contributed by atoms with E-state index in [1.54, 1.807) is 18.2 Å². The van der Waals surface area contributed by atoms with Gasteiger partial charge in [0.25, 0.3) is 0 Å². The second-order valence-electron chi connectivity index (χ2n) is 7.39. The Balaban J connectivity index is 1.67. The molecule has 0 N–H and O–H groups in total. The highest BCUT2D eigenvalue weighted by Crippen LogP contribution is 2.29. The van der Waals surface area contributed by atoms with Crippen molar-refractivity contribution in [3.05, 3.63) is 88.5 Å². The molecule has 1 heterocycles. The van der Waals surface area contributed by atoms with Crippen LogP contribution in [0.15, 0.2) is 75.9 Å². The molecule has 0 aliphatic rings. The van der Waals surface area contributed by atoms with E-state index in [-0.39, 0.29) is 11.1 Å². The molecule has 3 aromatic carbocycles. The molecule has 0 fully saturated rings. The summed E-state index contributed by atoms with van der Waals surface area (Å²) in [5.74, 6) is -0.181. The van der Waals surface area contributed by atoms with Crippen molar-refractivity contribution >= 4 is 10.8 Å². The monoisotopic (exact) mass is 402 g/mol. The van der Waals surface area contributed by atoms with Crippen LogP contribution in [-0.4, -0.2) is 6.61 Å². The average molecular weight is 402 g/mol. The minimum Gasteiger partial charge on any atom is -0.490 e. The third-order valence-electron chi connectivity index (χ3n) is 5.14. The van der Waals surface area contributed by atoms with E-state index in [0.717, 1.165) is 29.5 Å². The fraction of sp³-hybridized carbons (Fsp3) is 0.192. The van der Waals surface area contributed by atoms with E-state index in [1.807, 2.05) is 31.2 Å². The summed E-state index contributed by atoms with van der Waals surface area (Å²) < 4.78 is 25.7. The molecule has 30 heavy (non-hydrogen) atoms. The fourth-order valence-electron chi connectivity index (χ4n) is 3.37. The molecule has 4 heteroatoms. The molecular formula is C26H23FO3. The summed E-state index contributed by atoms with van der Waals surface area (Å²) in [4.78, 5) is 12.5. The number of hydrogen-bond donors (Lipinski definition) is 0. The highest BCUT2D eigenvalue weighted by molar-refractivity contribution is 5.86. The minimum atomic E-state index is -0.705. The van der Waals surface area contributed by atoms with Gasteiger partial charge < -0.3 is 9.15 Å². The Hall–Kier alpha value is -3.40. The summed E-state index contributed by atoms with van der Waals surface area (Å²) in [7, 11) is 0. The number of aryl methyl sites for hydroxylation is 1. The van der Waals surface area contributed by atoms with Gasteiger partial charge in [-0.2, -0.15) is 0 Å². The van der Waals surface area contributed by atoms with E-state index in [1.165, 1.54) is 5.56 Å². The van der Waals surface area contributed by atoms with Crippen molar-refractivity contribution in [3.63, 3.8) is 0 Å². The Morgan fingerprint density at radius 1 is 0.900 bits per heavy atom. The maximum Gasteiger partial charge on any atom is 0.347 e. The van der Waals surface area contributed by atoms with Crippen molar-refractivity contribution in [2.45, 2.75) is 26.7 Å². The molecular weight excluding hydrogens is 379 g/mol. The van der Waals surface area contributed by atoms with Crippen molar-refractivity contribution in [2.75, 3.05) is 6.61 Å². The zero-order chi connectivity index (χ0) is 21.1. The van der Waals surface area contributed by atoms with Gasteiger partial charge in [0.2, 0.25) is 0 Å². The van der Waals surface area contributed by atoms with Gasteiger partial charge in [-0.1, -0.05) is 73.5 Å². The van der Waals surface area contributed by atoms with Crippen LogP contribution < -0.4 is 10.4 Å². The van der Waals surface area contributed by atoms with Gasteiger partial charge in [0.15, 0.2) is 11.6 Å². The lowest BCUT2D eigenvalue weighted by atomic mass is 10.0. The zero-order valence-electron chi connectivity index (χ0n) is 17.1. The number of rotatable bonds is 6. The van der Waals surface area contributed by atoms with Gasteiger partial charge >= 0.3 is 5.63 Å². The van der Waals surface area contributed by atoms with Crippen LogP contribution >= 0.6 is 0 Å². The van der Waals surface area contributed by atoms with Crippen LogP contribution in [0.3, 0.4) is 0 Å². The van der Waals surface area contributed by atoms with Gasteiger partial charge in [0.1, 0.15) is 11.1 Å². The van der Waals surface area contributed by atoms with Crippen LogP contribution in [0.4, 0.5) is 4.39 Å². The molecule has 0 bridgehead atoms. The molecule has 0 radical (unpaired) electrons. The molecule has 0 atom stereocenters. The molecule has 0 aliphatic heterocycles. The fourth-order valence-corrected chi connectivity index (χ4v) is 3.37. The van der Waals surface area contributed by atoms with Crippen LogP contribution in [0.25, 0.3) is 33.2 Å². The van der Waals surface area contributed by atoms with Gasteiger partial charge in [-0.3, -0.25) is 0 Å². The summed E-state index contributed by atoms with van der Waals surface area (Å²) in [5.41, 5.74) is 3.45. The van der Waals surface area contributed by atoms with Crippen molar-refractivity contribution in [3.8, 4) is 28.2 Å². The first kappa shape index (κ1) is 19.9. The first-order valence-electron chi connectivity index (χ1n) is 10.1. The molecule has 3 nitrogen and oxygen atoms in total. The Bertz CT molecular complexity index is 1220. The van der Waals surface area contributed by atoms with Crippen LogP contribution in [0, 0.1) is 12.7 Å². The highest BCUT2D eigenvalue weighted by atomic mass is 19.1. The van der Waals surface area contributed by atoms with Gasteiger partial charge in [0, 0.05) is 5.56 Å². The largest absolute Gasteiger partial charge is 0.490 e. The number of unbranched alkanes of at least 4 members (excludes halogenated alkanes) is 1. The first-order valence-corrected chi connectivity index (χ1v) is 10.1. The second kappa shape index (κ2) is 8.54. The summed E-state index contributed by atoms with van der Waals surface area (Å²) in [5, 5.41) is 0.410. The van der Waals surface area contributed by atoms with Gasteiger partial charge in [0.05, 0.1) is 6.61 Å². The van der Waals surface area contributed by atoms with Crippen LogP contribution in [0.1, 0.15) is 25.3 Å². The Kier molecular flexibility index (Phi) is 5.66. The SMILES string of the molecule is CCCCOc1ccc2cc(-c3ccc(-c4ccc(C)cc4)cc3)oc(=O)c2c1F. The molecule has 152 valence electrons. The molecule has 0 spiro atoms. The minimum absolute atomic E-state index is 0.0796. The van der Waals surface area contributed by atoms with E-state index < -0.39 is 11.4 Å². The van der Waals surface area contributed by atoms with Gasteiger partial charge in [-0.15, -0.1) is 0 Å². The smallest absolute Gasteiger partial charge is 0.347 e. The molecule has 0 amide bonds. The van der Waals surface area contributed by atoms with E-state index in [0.29, 0.717) is 17.8 Å². The Morgan fingerprint density at radius 3 is 2.20 bits per heavy atom. The lowest BCUT2D eigenvalue weighted by molar-refractivity contribution is 0.295. The molecule has 1 aromatic heterocycles. The molecule has 4 rings (SSSR count). The molecule has 0 saturated carbocycles. The van der Waals surface area contributed by atoms with Crippen molar-refractivity contribution in [2.24, 2.45) is 0 Å². The molecule has 4 aromatic rings. The summed E-state index contributed by atoms with van der Waals surface area (Å²) in [6.45, 7) is 4.50. The molecule has 0 saturated heterocycles. The molecule has 0 aliphatic carbocycles. The predicted octanol–water partition coefficient (Wildman–Crippen LogP) is 6.75. The lowest BCUT2D eigenvalue weighted by Crippen LogP contribution is -2.06. The van der Waals surface area contributed by atoms with Gasteiger partial charge in [-0.25, -0.2) is 9.18 Å². The zero-order valence-corrected chi connectivity index (χ0v) is 17.1. The van der Waals surface area contributed by atoms with E-state index in [2.05, 4.69) is 31.2 Å². The summed E-state index contributed by atoms with van der Waals surface area (Å²) in [6, 6.07) is 21.0. The second-order valence-corrected chi connectivity index (χ2v) is 7.39.